The molecule has 170 valence electrons. The first-order valence-corrected chi connectivity index (χ1v) is 11.1. The van der Waals surface area contributed by atoms with Crippen LogP contribution in [0.25, 0.3) is 5.69 Å². The number of para-hydroxylation sites is 1. The summed E-state index contributed by atoms with van der Waals surface area (Å²) < 4.78 is 13.4. The average molecular weight is 436 g/mol. The summed E-state index contributed by atoms with van der Waals surface area (Å²) >= 11 is 0. The number of rotatable bonds is 9. The van der Waals surface area contributed by atoms with E-state index in [1.807, 2.05) is 85.0 Å². The van der Waals surface area contributed by atoms with Crippen molar-refractivity contribution in [3.63, 3.8) is 0 Å². The number of aryl methyl sites for hydroxylation is 1. The van der Waals surface area contributed by atoms with Crippen LogP contribution in [0.5, 0.6) is 17.4 Å². The molecular weight excluding hydrogens is 402 g/mol. The molecule has 3 rings (SSSR count). The van der Waals surface area contributed by atoms with Crippen LogP contribution in [-0.4, -0.2) is 33.7 Å². The molecule has 6 nitrogen and oxygen atoms in total. The smallest absolute Gasteiger partial charge is 0.227 e. The van der Waals surface area contributed by atoms with Crippen LogP contribution in [0.3, 0.4) is 0 Å². The summed E-state index contributed by atoms with van der Waals surface area (Å²) in [7, 11) is 1.64. The van der Waals surface area contributed by atoms with Crippen LogP contribution >= 0.6 is 0 Å². The molecule has 0 aliphatic carbocycles. The fourth-order valence-corrected chi connectivity index (χ4v) is 3.50. The molecule has 0 spiro atoms. The Labute approximate surface area is 190 Å². The van der Waals surface area contributed by atoms with E-state index in [-0.39, 0.29) is 17.9 Å². The predicted octanol–water partition coefficient (Wildman–Crippen LogP) is 5.76. The molecule has 1 amide bonds. The first kappa shape index (κ1) is 23.4. The second-order valence-electron chi connectivity index (χ2n) is 8.27. The van der Waals surface area contributed by atoms with Gasteiger partial charge in [-0.15, -0.1) is 0 Å². The standard InChI is InChI=1S/C26H33N3O3/c1-7-19(4)28(25(30)18(2)3)17-24-20(5)27-29(21-11-9-8-10-12-21)26(24)32-23-15-13-22(31-6)14-16-23/h8-16,18-19H,7,17H2,1-6H3. The van der Waals surface area contributed by atoms with Crippen LogP contribution in [0.2, 0.25) is 0 Å². The van der Waals surface area contributed by atoms with E-state index >= 15 is 0 Å². The Bertz CT molecular complexity index is 1030. The van der Waals surface area contributed by atoms with Crippen LogP contribution < -0.4 is 9.47 Å². The third-order valence-corrected chi connectivity index (χ3v) is 5.64. The van der Waals surface area contributed by atoms with E-state index in [1.165, 1.54) is 0 Å². The van der Waals surface area contributed by atoms with E-state index in [0.717, 1.165) is 29.1 Å². The number of hydrogen-bond acceptors (Lipinski definition) is 4. The fourth-order valence-electron chi connectivity index (χ4n) is 3.50. The molecule has 1 unspecified atom stereocenters. The lowest BCUT2D eigenvalue weighted by Crippen LogP contribution is -2.40. The number of ether oxygens (including phenoxy) is 2. The Morgan fingerprint density at radius 1 is 1.03 bits per heavy atom. The molecule has 0 bridgehead atoms. The van der Waals surface area contributed by atoms with E-state index in [4.69, 9.17) is 14.6 Å². The second kappa shape index (κ2) is 10.4. The van der Waals surface area contributed by atoms with Gasteiger partial charge in [-0.2, -0.15) is 5.10 Å². The minimum atomic E-state index is -0.0839. The molecule has 2 aromatic carbocycles. The lowest BCUT2D eigenvalue weighted by molar-refractivity contribution is -0.137. The summed E-state index contributed by atoms with van der Waals surface area (Å²) in [6, 6.07) is 17.4. The van der Waals surface area contributed by atoms with Crippen LogP contribution in [-0.2, 0) is 11.3 Å². The zero-order valence-electron chi connectivity index (χ0n) is 19.8. The van der Waals surface area contributed by atoms with E-state index in [9.17, 15) is 4.79 Å². The van der Waals surface area contributed by atoms with Crippen LogP contribution in [0, 0.1) is 12.8 Å². The first-order valence-electron chi connectivity index (χ1n) is 11.1. The fraction of sp³-hybridized carbons (Fsp3) is 0.385. The summed E-state index contributed by atoms with van der Waals surface area (Å²) in [6.45, 7) is 10.5. The maximum atomic E-state index is 13.0. The van der Waals surface area contributed by atoms with Crippen molar-refractivity contribution in [1.82, 2.24) is 14.7 Å². The van der Waals surface area contributed by atoms with Gasteiger partial charge in [0.15, 0.2) is 0 Å². The Morgan fingerprint density at radius 3 is 2.22 bits per heavy atom. The van der Waals surface area contributed by atoms with Crippen molar-refractivity contribution in [3.8, 4) is 23.1 Å². The Morgan fingerprint density at radius 2 is 1.66 bits per heavy atom. The van der Waals surface area contributed by atoms with Gasteiger partial charge in [-0.3, -0.25) is 4.79 Å². The molecule has 0 N–H and O–H groups in total. The maximum absolute atomic E-state index is 13.0. The number of aromatic nitrogens is 2. The monoisotopic (exact) mass is 435 g/mol. The molecule has 0 aliphatic heterocycles. The summed E-state index contributed by atoms with van der Waals surface area (Å²) in [5.41, 5.74) is 2.64. The molecule has 0 fully saturated rings. The number of methoxy groups -OCH3 is 1. The van der Waals surface area contributed by atoms with Crippen molar-refractivity contribution in [2.45, 2.75) is 53.6 Å². The minimum absolute atomic E-state index is 0.0839. The highest BCUT2D eigenvalue weighted by Crippen LogP contribution is 2.33. The summed E-state index contributed by atoms with van der Waals surface area (Å²) in [6.07, 6.45) is 0.874. The van der Waals surface area contributed by atoms with Crippen molar-refractivity contribution in [3.05, 3.63) is 65.9 Å². The van der Waals surface area contributed by atoms with Gasteiger partial charge in [0.05, 0.1) is 30.6 Å². The topological polar surface area (TPSA) is 56.6 Å². The first-order chi connectivity index (χ1) is 15.3. The molecule has 6 heteroatoms. The number of carbonyl (C=O) groups excluding carboxylic acids is 1. The van der Waals surface area contributed by atoms with Crippen LogP contribution in [0.15, 0.2) is 54.6 Å². The number of carbonyl (C=O) groups is 1. The Balaban J connectivity index is 2.07. The van der Waals surface area contributed by atoms with Crippen molar-refractivity contribution in [1.29, 1.82) is 0 Å². The molecule has 32 heavy (non-hydrogen) atoms. The Hall–Kier alpha value is -3.28. The predicted molar refractivity (Wildman–Crippen MR) is 127 cm³/mol. The van der Waals surface area contributed by atoms with Gasteiger partial charge in [0.2, 0.25) is 11.8 Å². The van der Waals surface area contributed by atoms with Crippen molar-refractivity contribution >= 4 is 5.91 Å². The molecule has 0 saturated carbocycles. The molecule has 1 atom stereocenters. The SMILES string of the molecule is CCC(C)N(Cc1c(C)nn(-c2ccccc2)c1Oc1ccc(OC)cc1)C(=O)C(C)C. The average Bonchev–Trinajstić information content (AvgIpc) is 3.12. The van der Waals surface area contributed by atoms with Gasteiger partial charge < -0.3 is 14.4 Å². The summed E-state index contributed by atoms with van der Waals surface area (Å²) in [4.78, 5) is 15.0. The van der Waals surface area contributed by atoms with Crippen molar-refractivity contribution in [2.24, 2.45) is 5.92 Å². The number of nitrogens with zero attached hydrogens (tertiary/aromatic N) is 3. The van der Waals surface area contributed by atoms with E-state index in [1.54, 1.807) is 7.11 Å². The van der Waals surface area contributed by atoms with Gasteiger partial charge in [-0.25, -0.2) is 4.68 Å². The highest BCUT2D eigenvalue weighted by atomic mass is 16.5. The van der Waals surface area contributed by atoms with Crippen LogP contribution in [0.1, 0.15) is 45.4 Å². The highest BCUT2D eigenvalue weighted by Gasteiger charge is 2.27. The van der Waals surface area contributed by atoms with Gasteiger partial charge in [0.25, 0.3) is 0 Å². The largest absolute Gasteiger partial charge is 0.497 e. The molecule has 0 radical (unpaired) electrons. The van der Waals surface area contributed by atoms with E-state index in [2.05, 4.69) is 13.8 Å². The highest BCUT2D eigenvalue weighted by molar-refractivity contribution is 5.78. The number of hydrogen-bond donors (Lipinski definition) is 0. The third kappa shape index (κ3) is 5.13. The second-order valence-corrected chi connectivity index (χ2v) is 8.27. The molecule has 1 aromatic heterocycles. The van der Waals surface area contributed by atoms with Gasteiger partial charge in [0.1, 0.15) is 11.5 Å². The van der Waals surface area contributed by atoms with Gasteiger partial charge in [-0.1, -0.05) is 39.0 Å². The molecular formula is C26H33N3O3. The molecule has 3 aromatic rings. The van der Waals surface area contributed by atoms with Crippen LogP contribution in [0.4, 0.5) is 0 Å². The summed E-state index contributed by atoms with van der Waals surface area (Å²) in [5, 5.41) is 4.78. The lowest BCUT2D eigenvalue weighted by Gasteiger charge is -2.30. The zero-order valence-corrected chi connectivity index (χ0v) is 19.8. The molecule has 0 saturated heterocycles. The minimum Gasteiger partial charge on any atom is -0.497 e. The molecule has 1 heterocycles. The van der Waals surface area contributed by atoms with E-state index < -0.39 is 0 Å². The van der Waals surface area contributed by atoms with Gasteiger partial charge >= 0.3 is 0 Å². The normalized spacial score (nSPS) is 12.0. The lowest BCUT2D eigenvalue weighted by atomic mass is 10.1. The third-order valence-electron chi connectivity index (χ3n) is 5.64. The number of amides is 1. The summed E-state index contributed by atoms with van der Waals surface area (Å²) in [5.74, 6) is 2.09. The zero-order chi connectivity index (χ0) is 23.3. The Kier molecular flexibility index (Phi) is 7.57. The van der Waals surface area contributed by atoms with E-state index in [0.29, 0.717) is 18.2 Å². The van der Waals surface area contributed by atoms with Crippen molar-refractivity contribution in [2.75, 3.05) is 7.11 Å². The van der Waals surface area contributed by atoms with Gasteiger partial charge in [0, 0.05) is 12.0 Å². The maximum Gasteiger partial charge on any atom is 0.227 e. The quantitative estimate of drug-likeness (QED) is 0.428. The molecule has 0 aliphatic rings. The van der Waals surface area contributed by atoms with Gasteiger partial charge in [-0.05, 0) is 56.7 Å². The van der Waals surface area contributed by atoms with Crippen molar-refractivity contribution < 1.29 is 14.3 Å². The number of benzene rings is 2.